The molecule has 1 saturated heterocycles. The van der Waals surface area contributed by atoms with Gasteiger partial charge in [-0.3, -0.25) is 14.8 Å². The highest BCUT2D eigenvalue weighted by Crippen LogP contribution is 2.18. The summed E-state index contributed by atoms with van der Waals surface area (Å²) < 4.78 is 0. The van der Waals surface area contributed by atoms with Crippen LogP contribution in [0.25, 0.3) is 0 Å². The first kappa shape index (κ1) is 13.8. The van der Waals surface area contributed by atoms with E-state index in [1.54, 1.807) is 6.20 Å². The van der Waals surface area contributed by atoms with Gasteiger partial charge >= 0.3 is 0 Å². The molecule has 1 fully saturated rings. The molecule has 2 heterocycles. The van der Waals surface area contributed by atoms with Gasteiger partial charge in [0.1, 0.15) is 0 Å². The summed E-state index contributed by atoms with van der Waals surface area (Å²) in [6.07, 6.45) is 3.05. The molecule has 0 saturated carbocycles. The van der Waals surface area contributed by atoms with E-state index < -0.39 is 0 Å². The van der Waals surface area contributed by atoms with E-state index in [2.05, 4.69) is 28.6 Å². The number of pyridine rings is 1. The molecule has 2 rings (SSSR count). The largest absolute Gasteiger partial charge is 0.300 e. The summed E-state index contributed by atoms with van der Waals surface area (Å²) in [7, 11) is 0. The first-order valence-electron chi connectivity index (χ1n) is 6.79. The van der Waals surface area contributed by atoms with Crippen molar-refractivity contribution < 1.29 is 0 Å². The number of nitrogens with zero attached hydrogens (tertiary/aromatic N) is 3. The summed E-state index contributed by atoms with van der Waals surface area (Å²) in [5.41, 5.74) is 1.07. The first-order valence-corrected chi connectivity index (χ1v) is 7.17. The fourth-order valence-corrected chi connectivity index (χ4v) is 2.94. The molecule has 0 bridgehead atoms. The number of likely N-dealkylation sites (tertiary alicyclic amines) is 1. The molecule has 1 atom stereocenters. The number of rotatable bonds is 5. The fourth-order valence-electron chi connectivity index (χ4n) is 2.76. The van der Waals surface area contributed by atoms with Gasteiger partial charge < -0.3 is 0 Å². The number of halogens is 1. The molecule has 0 N–H and O–H groups in total. The molecular formula is C14H22ClN3. The van der Waals surface area contributed by atoms with E-state index in [0.29, 0.717) is 6.04 Å². The maximum absolute atomic E-state index is 5.99. The van der Waals surface area contributed by atoms with Gasteiger partial charge in [-0.05, 0) is 31.6 Å². The van der Waals surface area contributed by atoms with Crippen LogP contribution in [-0.2, 0) is 6.54 Å². The van der Waals surface area contributed by atoms with Gasteiger partial charge in [-0.2, -0.15) is 0 Å². The SMILES string of the molecule is CCN(CC)C1CCN(Cc2cc(Cl)ccn2)C1. The van der Waals surface area contributed by atoms with Crippen LogP contribution in [0.1, 0.15) is 26.0 Å². The molecule has 100 valence electrons. The van der Waals surface area contributed by atoms with Crippen LogP contribution in [0.3, 0.4) is 0 Å². The van der Waals surface area contributed by atoms with Crippen LogP contribution < -0.4 is 0 Å². The van der Waals surface area contributed by atoms with Gasteiger partial charge in [0.2, 0.25) is 0 Å². The second-order valence-corrected chi connectivity index (χ2v) is 5.30. The van der Waals surface area contributed by atoms with Gasteiger partial charge in [0.25, 0.3) is 0 Å². The minimum absolute atomic E-state index is 0.708. The minimum atomic E-state index is 0.708. The third kappa shape index (κ3) is 3.44. The summed E-state index contributed by atoms with van der Waals surface area (Å²) in [5.74, 6) is 0. The zero-order valence-electron chi connectivity index (χ0n) is 11.3. The Morgan fingerprint density at radius 2 is 2.22 bits per heavy atom. The quantitative estimate of drug-likeness (QED) is 0.818. The number of aromatic nitrogens is 1. The van der Waals surface area contributed by atoms with Crippen molar-refractivity contribution in [3.8, 4) is 0 Å². The highest BCUT2D eigenvalue weighted by molar-refractivity contribution is 6.30. The summed E-state index contributed by atoms with van der Waals surface area (Å²) >= 11 is 5.99. The lowest BCUT2D eigenvalue weighted by Gasteiger charge is -2.26. The van der Waals surface area contributed by atoms with Crippen LogP contribution >= 0.6 is 11.6 Å². The Labute approximate surface area is 115 Å². The molecule has 0 radical (unpaired) electrons. The lowest BCUT2D eigenvalue weighted by atomic mass is 10.2. The van der Waals surface area contributed by atoms with Gasteiger partial charge in [-0.15, -0.1) is 0 Å². The van der Waals surface area contributed by atoms with Crippen molar-refractivity contribution in [2.45, 2.75) is 32.9 Å². The summed E-state index contributed by atoms with van der Waals surface area (Å²) in [4.78, 5) is 9.39. The monoisotopic (exact) mass is 267 g/mol. The Morgan fingerprint density at radius 3 is 2.89 bits per heavy atom. The highest BCUT2D eigenvalue weighted by atomic mass is 35.5. The average molecular weight is 268 g/mol. The topological polar surface area (TPSA) is 19.4 Å². The number of likely N-dealkylation sites (N-methyl/N-ethyl adjacent to an activating group) is 1. The van der Waals surface area contributed by atoms with Gasteiger partial charge in [0.15, 0.2) is 0 Å². The van der Waals surface area contributed by atoms with Crippen molar-refractivity contribution in [2.75, 3.05) is 26.2 Å². The average Bonchev–Trinajstić information content (AvgIpc) is 2.79. The van der Waals surface area contributed by atoms with E-state index in [0.717, 1.165) is 43.4 Å². The summed E-state index contributed by atoms with van der Waals surface area (Å²) in [6.45, 7) is 9.99. The van der Waals surface area contributed by atoms with Gasteiger partial charge in [-0.1, -0.05) is 25.4 Å². The van der Waals surface area contributed by atoms with E-state index >= 15 is 0 Å². The van der Waals surface area contributed by atoms with Crippen molar-refractivity contribution >= 4 is 11.6 Å². The molecular weight excluding hydrogens is 246 g/mol. The fraction of sp³-hybridized carbons (Fsp3) is 0.643. The maximum Gasteiger partial charge on any atom is 0.0558 e. The Hall–Kier alpha value is -0.640. The molecule has 18 heavy (non-hydrogen) atoms. The maximum atomic E-state index is 5.99. The molecule has 1 aliphatic rings. The Kier molecular flexibility index (Phi) is 4.98. The van der Waals surface area contributed by atoms with Crippen molar-refractivity contribution in [3.05, 3.63) is 29.0 Å². The van der Waals surface area contributed by atoms with Gasteiger partial charge in [0.05, 0.1) is 5.69 Å². The Bertz CT molecular complexity index is 379. The zero-order valence-corrected chi connectivity index (χ0v) is 12.0. The molecule has 1 aromatic rings. The molecule has 4 heteroatoms. The second kappa shape index (κ2) is 6.50. The molecule has 0 aromatic carbocycles. The third-order valence-electron chi connectivity index (χ3n) is 3.74. The van der Waals surface area contributed by atoms with Crippen LogP contribution in [0.15, 0.2) is 18.3 Å². The van der Waals surface area contributed by atoms with Gasteiger partial charge in [-0.25, -0.2) is 0 Å². The van der Waals surface area contributed by atoms with Gasteiger partial charge in [0, 0.05) is 36.9 Å². The predicted octanol–water partition coefficient (Wildman–Crippen LogP) is 2.65. The molecule has 1 aliphatic heterocycles. The van der Waals surface area contributed by atoms with Crippen LogP contribution in [0.2, 0.25) is 5.02 Å². The van der Waals surface area contributed by atoms with E-state index in [1.807, 2.05) is 12.1 Å². The van der Waals surface area contributed by atoms with E-state index in [9.17, 15) is 0 Å². The number of hydrogen-bond acceptors (Lipinski definition) is 3. The number of hydrogen-bond donors (Lipinski definition) is 0. The van der Waals surface area contributed by atoms with Crippen LogP contribution in [-0.4, -0.2) is 47.0 Å². The van der Waals surface area contributed by atoms with E-state index in [1.165, 1.54) is 6.42 Å². The predicted molar refractivity (Wildman–Crippen MR) is 75.9 cm³/mol. The van der Waals surface area contributed by atoms with E-state index in [4.69, 9.17) is 11.6 Å². The zero-order chi connectivity index (χ0) is 13.0. The molecule has 0 aliphatic carbocycles. The Balaban J connectivity index is 1.89. The first-order chi connectivity index (χ1) is 8.72. The van der Waals surface area contributed by atoms with Crippen molar-refractivity contribution in [1.82, 2.24) is 14.8 Å². The molecule has 1 aromatic heterocycles. The summed E-state index contributed by atoms with van der Waals surface area (Å²) in [5, 5.41) is 0.777. The Morgan fingerprint density at radius 1 is 1.44 bits per heavy atom. The molecule has 3 nitrogen and oxygen atoms in total. The van der Waals surface area contributed by atoms with Crippen LogP contribution in [0.5, 0.6) is 0 Å². The molecule has 1 unspecified atom stereocenters. The minimum Gasteiger partial charge on any atom is -0.300 e. The van der Waals surface area contributed by atoms with Crippen molar-refractivity contribution in [2.24, 2.45) is 0 Å². The van der Waals surface area contributed by atoms with Crippen molar-refractivity contribution in [3.63, 3.8) is 0 Å². The van der Waals surface area contributed by atoms with Crippen LogP contribution in [0.4, 0.5) is 0 Å². The molecule has 0 amide bonds. The lowest BCUT2D eigenvalue weighted by molar-refractivity contribution is 0.208. The van der Waals surface area contributed by atoms with Crippen molar-refractivity contribution in [1.29, 1.82) is 0 Å². The standard InChI is InChI=1S/C14H22ClN3/c1-3-18(4-2)14-6-8-17(11-14)10-13-9-12(15)5-7-16-13/h5,7,9,14H,3-4,6,8,10-11H2,1-2H3. The second-order valence-electron chi connectivity index (χ2n) is 4.86. The lowest BCUT2D eigenvalue weighted by Crippen LogP contribution is -2.37. The smallest absolute Gasteiger partial charge is 0.0558 e. The third-order valence-corrected chi connectivity index (χ3v) is 3.98. The molecule has 0 spiro atoms. The van der Waals surface area contributed by atoms with E-state index in [-0.39, 0.29) is 0 Å². The normalized spacial score (nSPS) is 20.8. The summed E-state index contributed by atoms with van der Waals surface area (Å²) in [6, 6.07) is 4.50. The highest BCUT2D eigenvalue weighted by Gasteiger charge is 2.26. The van der Waals surface area contributed by atoms with Crippen LogP contribution in [0, 0.1) is 0 Å².